The van der Waals surface area contributed by atoms with Crippen LogP contribution in [-0.2, 0) is 27.2 Å². The molecule has 3 heterocycles. The number of nitrogens with zero attached hydrogens (tertiary/aromatic N) is 5. The maximum absolute atomic E-state index is 12.7. The van der Waals surface area contributed by atoms with Crippen molar-refractivity contribution in [2.45, 2.75) is 13.2 Å². The van der Waals surface area contributed by atoms with Gasteiger partial charge in [-0.2, -0.15) is 4.98 Å². The maximum Gasteiger partial charge on any atom is 0.332 e. The van der Waals surface area contributed by atoms with Gasteiger partial charge in [0.1, 0.15) is 12.4 Å². The quantitative estimate of drug-likeness (QED) is 0.491. The van der Waals surface area contributed by atoms with Crippen LogP contribution in [0.25, 0.3) is 11.2 Å². The van der Waals surface area contributed by atoms with Gasteiger partial charge < -0.3 is 14.2 Å². The Hall–Kier alpha value is -3.52. The van der Waals surface area contributed by atoms with Crippen LogP contribution in [0.3, 0.4) is 0 Å². The number of anilines is 2. The van der Waals surface area contributed by atoms with Gasteiger partial charge in [-0.1, -0.05) is 29.8 Å². The normalized spacial score (nSPS) is 13.1. The molecule has 2 aromatic heterocycles. The second-order valence-corrected chi connectivity index (χ2v) is 7.95. The van der Waals surface area contributed by atoms with E-state index < -0.39 is 5.69 Å². The smallest absolute Gasteiger partial charge is 0.332 e. The number of fused-ring (bicyclic) bond motifs is 3. The van der Waals surface area contributed by atoms with Crippen molar-refractivity contribution in [1.29, 1.82) is 0 Å². The Labute approximate surface area is 182 Å². The fraction of sp³-hybridized carbons (Fsp3) is 0.227. The fourth-order valence-corrected chi connectivity index (χ4v) is 4.14. The topological polar surface area (TPSA) is 74.3 Å². The number of rotatable bonds is 4. The molecule has 0 N–H and O–H groups in total. The molecule has 0 amide bonds. The highest BCUT2D eigenvalue weighted by molar-refractivity contribution is 6.30. The molecule has 0 saturated heterocycles. The summed E-state index contributed by atoms with van der Waals surface area (Å²) in [5.41, 5.74) is 1.99. The number of aromatic nitrogens is 4. The summed E-state index contributed by atoms with van der Waals surface area (Å²) in [7, 11) is 3.11. The van der Waals surface area contributed by atoms with Crippen molar-refractivity contribution in [3.05, 3.63) is 80.0 Å². The summed E-state index contributed by atoms with van der Waals surface area (Å²) in [5.74, 6) is 1.36. The van der Waals surface area contributed by atoms with E-state index in [1.165, 1.54) is 11.6 Å². The molecule has 1 aliphatic rings. The van der Waals surface area contributed by atoms with Crippen LogP contribution in [0.5, 0.6) is 5.75 Å². The summed E-state index contributed by atoms with van der Waals surface area (Å²) in [6.07, 6.45) is 0. The van der Waals surface area contributed by atoms with Gasteiger partial charge in [-0.3, -0.25) is 13.9 Å². The lowest BCUT2D eigenvalue weighted by Gasteiger charge is -2.17. The van der Waals surface area contributed by atoms with Crippen molar-refractivity contribution >= 4 is 34.4 Å². The molecule has 158 valence electrons. The zero-order chi connectivity index (χ0) is 21.7. The number of hydrogen-bond donors (Lipinski definition) is 0. The zero-order valence-corrected chi connectivity index (χ0v) is 17.8. The van der Waals surface area contributed by atoms with Crippen LogP contribution in [0.2, 0.25) is 5.02 Å². The molecule has 0 bridgehead atoms. The number of halogens is 1. The minimum absolute atomic E-state index is 0.336. The van der Waals surface area contributed by atoms with Crippen molar-refractivity contribution in [2.75, 3.05) is 11.4 Å². The monoisotopic (exact) mass is 437 g/mol. The Morgan fingerprint density at radius 2 is 1.84 bits per heavy atom. The molecule has 0 fully saturated rings. The van der Waals surface area contributed by atoms with Crippen molar-refractivity contribution in [2.24, 2.45) is 14.1 Å². The lowest BCUT2D eigenvalue weighted by atomic mass is 10.2. The Morgan fingerprint density at radius 3 is 2.65 bits per heavy atom. The highest BCUT2D eigenvalue weighted by Gasteiger charge is 2.28. The Morgan fingerprint density at radius 1 is 1.03 bits per heavy atom. The highest BCUT2D eigenvalue weighted by atomic mass is 35.5. The highest BCUT2D eigenvalue weighted by Crippen LogP contribution is 2.33. The van der Waals surface area contributed by atoms with E-state index in [1.807, 2.05) is 58.0 Å². The van der Waals surface area contributed by atoms with Crippen LogP contribution in [0.15, 0.2) is 58.1 Å². The first-order valence-corrected chi connectivity index (χ1v) is 10.2. The number of ether oxygens (including phenoxy) is 1. The third kappa shape index (κ3) is 3.19. The molecule has 5 rings (SSSR count). The second-order valence-electron chi connectivity index (χ2n) is 7.51. The number of aryl methyl sites for hydroxylation is 1. The van der Waals surface area contributed by atoms with Gasteiger partial charge in [0.2, 0.25) is 5.95 Å². The number of imidazole rings is 1. The summed E-state index contributed by atoms with van der Waals surface area (Å²) in [6.45, 7) is 1.68. The minimum Gasteiger partial charge on any atom is -0.489 e. The maximum atomic E-state index is 12.7. The van der Waals surface area contributed by atoms with E-state index in [2.05, 4.69) is 4.98 Å². The molecule has 1 aliphatic heterocycles. The third-order valence-corrected chi connectivity index (χ3v) is 5.78. The van der Waals surface area contributed by atoms with E-state index in [4.69, 9.17) is 16.3 Å². The lowest BCUT2D eigenvalue weighted by molar-refractivity contribution is 0.306. The molecule has 0 spiro atoms. The molecular formula is C22H20ClN5O3. The van der Waals surface area contributed by atoms with Gasteiger partial charge >= 0.3 is 5.69 Å². The third-order valence-electron chi connectivity index (χ3n) is 5.54. The average molecular weight is 438 g/mol. The SMILES string of the molecule is Cn1c(=O)c2c(nc3n2CCN3c2cccc(OCc3cccc(Cl)c3)c2)n(C)c1=O. The van der Waals surface area contributed by atoms with E-state index in [9.17, 15) is 9.59 Å². The number of hydrogen-bond acceptors (Lipinski definition) is 5. The Kier molecular flexibility index (Phi) is 4.59. The van der Waals surface area contributed by atoms with Crippen LogP contribution < -0.4 is 20.9 Å². The van der Waals surface area contributed by atoms with Crippen LogP contribution in [-0.4, -0.2) is 25.2 Å². The fourth-order valence-electron chi connectivity index (χ4n) is 3.93. The standard InChI is InChI=1S/C22H20ClN5O3/c1-25-19-18(20(29)26(2)22(25)30)28-10-9-27(21(28)24-19)16-7-4-8-17(12-16)31-13-14-5-3-6-15(23)11-14/h3-8,11-12H,9-10,13H2,1-2H3. The van der Waals surface area contributed by atoms with Gasteiger partial charge in [0.05, 0.1) is 0 Å². The largest absolute Gasteiger partial charge is 0.489 e. The van der Waals surface area contributed by atoms with Gasteiger partial charge in [-0.15, -0.1) is 0 Å². The first-order valence-electron chi connectivity index (χ1n) is 9.85. The first-order chi connectivity index (χ1) is 14.9. The minimum atomic E-state index is -0.391. The lowest BCUT2D eigenvalue weighted by Crippen LogP contribution is -2.37. The van der Waals surface area contributed by atoms with E-state index in [0.717, 1.165) is 21.6 Å². The van der Waals surface area contributed by atoms with E-state index in [0.29, 0.717) is 41.8 Å². The summed E-state index contributed by atoms with van der Waals surface area (Å²) in [6, 6.07) is 15.3. The Bertz CT molecular complexity index is 1440. The molecule has 2 aromatic carbocycles. The van der Waals surface area contributed by atoms with E-state index in [1.54, 1.807) is 7.05 Å². The average Bonchev–Trinajstić information content (AvgIpc) is 3.34. The molecule has 0 unspecified atom stereocenters. The number of benzene rings is 2. The summed E-state index contributed by atoms with van der Waals surface area (Å²) >= 11 is 6.04. The van der Waals surface area contributed by atoms with Gasteiger partial charge in [0.15, 0.2) is 11.2 Å². The predicted octanol–water partition coefficient (Wildman–Crippen LogP) is 2.82. The van der Waals surface area contributed by atoms with E-state index >= 15 is 0 Å². The van der Waals surface area contributed by atoms with Crippen LogP contribution in [0.1, 0.15) is 5.56 Å². The first kappa shape index (κ1) is 19.4. The van der Waals surface area contributed by atoms with Crippen LogP contribution >= 0.6 is 11.6 Å². The molecule has 0 atom stereocenters. The molecule has 8 nitrogen and oxygen atoms in total. The van der Waals surface area contributed by atoms with Crippen LogP contribution in [0.4, 0.5) is 11.6 Å². The van der Waals surface area contributed by atoms with Gasteiger partial charge in [-0.05, 0) is 29.8 Å². The van der Waals surface area contributed by atoms with Crippen molar-refractivity contribution in [1.82, 2.24) is 18.7 Å². The van der Waals surface area contributed by atoms with Crippen molar-refractivity contribution in [3.8, 4) is 5.75 Å². The molecule has 31 heavy (non-hydrogen) atoms. The molecule has 0 radical (unpaired) electrons. The molecule has 4 aromatic rings. The molecular weight excluding hydrogens is 418 g/mol. The van der Waals surface area contributed by atoms with Gasteiger partial charge in [0, 0.05) is 44.0 Å². The molecule has 0 saturated carbocycles. The van der Waals surface area contributed by atoms with Crippen molar-refractivity contribution < 1.29 is 4.74 Å². The van der Waals surface area contributed by atoms with Crippen LogP contribution in [0, 0.1) is 0 Å². The Balaban J connectivity index is 1.49. The summed E-state index contributed by atoms with van der Waals surface area (Å²) < 4.78 is 10.3. The van der Waals surface area contributed by atoms with Crippen molar-refractivity contribution in [3.63, 3.8) is 0 Å². The molecule has 9 heteroatoms. The zero-order valence-electron chi connectivity index (χ0n) is 17.1. The van der Waals surface area contributed by atoms with Gasteiger partial charge in [-0.25, -0.2) is 4.79 Å². The summed E-state index contributed by atoms with van der Waals surface area (Å²) in [4.78, 5) is 31.6. The van der Waals surface area contributed by atoms with E-state index in [-0.39, 0.29) is 5.56 Å². The predicted molar refractivity (Wildman–Crippen MR) is 119 cm³/mol. The van der Waals surface area contributed by atoms with Gasteiger partial charge in [0.25, 0.3) is 5.56 Å². The molecule has 0 aliphatic carbocycles. The summed E-state index contributed by atoms with van der Waals surface area (Å²) in [5, 5.41) is 0.673. The second kappa shape index (κ2) is 7.31.